The second-order valence-electron chi connectivity index (χ2n) is 3.80. The Hall–Kier alpha value is -2.62. The fourth-order valence-electron chi connectivity index (χ4n) is 1.59. The number of nitrogens with one attached hydrogen (secondary N) is 2. The Morgan fingerprint density at radius 3 is 2.85 bits per heavy atom. The summed E-state index contributed by atoms with van der Waals surface area (Å²) >= 11 is 5.90. The Bertz CT molecular complexity index is 695. The SMILES string of the molecule is N#Cc1ccc(NC(=O)c2cccnc2NN)cc1Cl. The number of carbonyl (C=O) groups excluding carboxylic acids is 1. The summed E-state index contributed by atoms with van der Waals surface area (Å²) in [5.74, 6) is 5.18. The van der Waals surface area contributed by atoms with Crippen molar-refractivity contribution in [1.29, 1.82) is 5.26 Å². The lowest BCUT2D eigenvalue weighted by Crippen LogP contribution is -2.18. The van der Waals surface area contributed by atoms with Crippen molar-refractivity contribution in [2.24, 2.45) is 5.84 Å². The molecule has 0 aliphatic heterocycles. The number of nitrogens with two attached hydrogens (primary N) is 1. The standard InChI is InChI=1S/C13H10ClN5O/c14-11-6-9(4-3-8(11)7-15)18-13(20)10-2-1-5-17-12(10)19-16/h1-6H,16H2,(H,17,19)(H,18,20). The topological polar surface area (TPSA) is 104 Å². The normalized spacial score (nSPS) is 9.65. The van der Waals surface area contributed by atoms with Crippen LogP contribution in [0.25, 0.3) is 0 Å². The summed E-state index contributed by atoms with van der Waals surface area (Å²) in [7, 11) is 0. The number of nitriles is 1. The molecule has 2 rings (SSSR count). The lowest BCUT2D eigenvalue weighted by Gasteiger charge is -2.09. The minimum Gasteiger partial charge on any atom is -0.322 e. The minimum absolute atomic E-state index is 0.268. The first kappa shape index (κ1) is 13.8. The maximum absolute atomic E-state index is 12.1. The lowest BCUT2D eigenvalue weighted by atomic mass is 10.2. The third kappa shape index (κ3) is 2.85. The molecule has 0 bridgehead atoms. The Kier molecular flexibility index (Phi) is 4.15. The average molecular weight is 288 g/mol. The van der Waals surface area contributed by atoms with Crippen molar-refractivity contribution >= 4 is 29.0 Å². The van der Waals surface area contributed by atoms with Crippen LogP contribution < -0.4 is 16.6 Å². The zero-order valence-electron chi connectivity index (χ0n) is 10.2. The number of aromatic nitrogens is 1. The molecule has 0 unspecified atom stereocenters. The van der Waals surface area contributed by atoms with E-state index in [1.807, 2.05) is 6.07 Å². The van der Waals surface area contributed by atoms with Gasteiger partial charge in [0, 0.05) is 11.9 Å². The number of benzene rings is 1. The predicted octanol–water partition coefficient (Wildman–Crippen LogP) is 2.14. The molecule has 0 saturated carbocycles. The first-order valence-corrected chi connectivity index (χ1v) is 5.96. The van der Waals surface area contributed by atoms with Crippen molar-refractivity contribution < 1.29 is 4.79 Å². The maximum Gasteiger partial charge on any atom is 0.259 e. The van der Waals surface area contributed by atoms with Crippen molar-refractivity contribution in [3.63, 3.8) is 0 Å². The van der Waals surface area contributed by atoms with Gasteiger partial charge in [-0.15, -0.1) is 0 Å². The highest BCUT2D eigenvalue weighted by molar-refractivity contribution is 6.32. The van der Waals surface area contributed by atoms with Gasteiger partial charge in [-0.05, 0) is 30.3 Å². The first-order valence-electron chi connectivity index (χ1n) is 5.58. The third-order valence-corrected chi connectivity index (χ3v) is 2.85. The van der Waals surface area contributed by atoms with Crippen molar-refractivity contribution in [3.05, 3.63) is 52.7 Å². The maximum atomic E-state index is 12.1. The summed E-state index contributed by atoms with van der Waals surface area (Å²) in [5, 5.41) is 11.7. The summed E-state index contributed by atoms with van der Waals surface area (Å²) in [6, 6.07) is 9.78. The molecule has 1 aromatic carbocycles. The van der Waals surface area contributed by atoms with Crippen molar-refractivity contribution in [1.82, 2.24) is 4.98 Å². The highest BCUT2D eigenvalue weighted by Gasteiger charge is 2.12. The van der Waals surface area contributed by atoms with Crippen LogP contribution in [0.3, 0.4) is 0 Å². The number of hydrogen-bond donors (Lipinski definition) is 3. The molecule has 1 heterocycles. The number of amides is 1. The van der Waals surface area contributed by atoms with Crippen molar-refractivity contribution in [2.45, 2.75) is 0 Å². The van der Waals surface area contributed by atoms with Crippen LogP contribution in [-0.2, 0) is 0 Å². The third-order valence-electron chi connectivity index (χ3n) is 2.54. The summed E-state index contributed by atoms with van der Waals surface area (Å²) in [4.78, 5) is 16.0. The van der Waals surface area contributed by atoms with Gasteiger partial charge in [0.25, 0.3) is 5.91 Å². The second kappa shape index (κ2) is 6.02. The van der Waals surface area contributed by atoms with E-state index in [2.05, 4.69) is 15.7 Å². The molecule has 20 heavy (non-hydrogen) atoms. The van der Waals surface area contributed by atoms with Crippen LogP contribution in [0.15, 0.2) is 36.5 Å². The molecular weight excluding hydrogens is 278 g/mol. The monoisotopic (exact) mass is 287 g/mol. The molecule has 0 fully saturated rings. The minimum atomic E-state index is -0.383. The van der Waals surface area contributed by atoms with Gasteiger partial charge in [-0.25, -0.2) is 10.8 Å². The summed E-state index contributed by atoms with van der Waals surface area (Å²) in [5.41, 5.74) is 3.47. The number of rotatable bonds is 3. The Labute approximate surface area is 120 Å². The van der Waals surface area contributed by atoms with Crippen LogP contribution in [0, 0.1) is 11.3 Å². The number of hydrogen-bond acceptors (Lipinski definition) is 5. The number of halogens is 1. The highest BCUT2D eigenvalue weighted by atomic mass is 35.5. The van der Waals surface area contributed by atoms with Crippen molar-refractivity contribution in [3.8, 4) is 6.07 Å². The van der Waals surface area contributed by atoms with E-state index in [-0.39, 0.29) is 16.7 Å². The van der Waals surface area contributed by atoms with Crippen LogP contribution in [0.1, 0.15) is 15.9 Å². The largest absolute Gasteiger partial charge is 0.322 e. The van der Waals surface area contributed by atoms with E-state index >= 15 is 0 Å². The first-order chi connectivity index (χ1) is 9.65. The van der Waals surface area contributed by atoms with Crippen LogP contribution >= 0.6 is 11.6 Å². The molecule has 100 valence electrons. The van der Waals surface area contributed by atoms with Gasteiger partial charge in [-0.2, -0.15) is 5.26 Å². The molecule has 7 heteroatoms. The Morgan fingerprint density at radius 1 is 1.40 bits per heavy atom. The number of pyridine rings is 1. The second-order valence-corrected chi connectivity index (χ2v) is 4.21. The molecule has 4 N–H and O–H groups in total. The molecule has 0 aliphatic carbocycles. The molecule has 0 aliphatic rings. The molecule has 0 saturated heterocycles. The quantitative estimate of drug-likeness (QED) is 0.593. The molecule has 0 spiro atoms. The van der Waals surface area contributed by atoms with Crippen LogP contribution in [0.4, 0.5) is 11.5 Å². The molecule has 1 amide bonds. The predicted molar refractivity (Wildman–Crippen MR) is 76.2 cm³/mol. The lowest BCUT2D eigenvalue weighted by molar-refractivity contribution is 0.102. The van der Waals surface area contributed by atoms with E-state index in [9.17, 15) is 4.79 Å². The summed E-state index contributed by atoms with van der Waals surface area (Å²) in [6.07, 6.45) is 1.52. The van der Waals surface area contributed by atoms with Gasteiger partial charge in [-0.1, -0.05) is 11.6 Å². The number of nitrogen functional groups attached to an aromatic ring is 1. The number of nitrogens with zero attached hydrogens (tertiary/aromatic N) is 2. The Morgan fingerprint density at radius 2 is 2.20 bits per heavy atom. The zero-order chi connectivity index (χ0) is 14.5. The van der Waals surface area contributed by atoms with E-state index < -0.39 is 0 Å². The fourth-order valence-corrected chi connectivity index (χ4v) is 1.81. The molecule has 1 aromatic heterocycles. The van der Waals surface area contributed by atoms with Gasteiger partial charge in [0.05, 0.1) is 16.1 Å². The van der Waals surface area contributed by atoms with Gasteiger partial charge >= 0.3 is 0 Å². The molecule has 2 aromatic rings. The van der Waals surface area contributed by atoms with Gasteiger partial charge in [-0.3, -0.25) is 4.79 Å². The summed E-state index contributed by atoms with van der Waals surface area (Å²) in [6.45, 7) is 0. The van der Waals surface area contributed by atoms with Gasteiger partial charge in [0.1, 0.15) is 6.07 Å². The number of hydrazine groups is 1. The summed E-state index contributed by atoms with van der Waals surface area (Å²) < 4.78 is 0. The van der Waals surface area contributed by atoms with Crippen LogP contribution in [0.2, 0.25) is 5.02 Å². The molecule has 6 nitrogen and oxygen atoms in total. The van der Waals surface area contributed by atoms with E-state index in [1.165, 1.54) is 18.3 Å². The van der Waals surface area contributed by atoms with Gasteiger partial charge in [0.15, 0.2) is 5.82 Å². The average Bonchev–Trinajstić information content (AvgIpc) is 2.47. The number of anilines is 2. The van der Waals surface area contributed by atoms with Gasteiger partial charge in [0.2, 0.25) is 0 Å². The van der Waals surface area contributed by atoms with Crippen LogP contribution in [-0.4, -0.2) is 10.9 Å². The van der Waals surface area contributed by atoms with Crippen LogP contribution in [0.5, 0.6) is 0 Å². The van der Waals surface area contributed by atoms with Gasteiger partial charge < -0.3 is 10.7 Å². The van der Waals surface area contributed by atoms with E-state index in [0.29, 0.717) is 16.8 Å². The zero-order valence-corrected chi connectivity index (χ0v) is 11.0. The smallest absolute Gasteiger partial charge is 0.259 e. The molecule has 0 radical (unpaired) electrons. The van der Waals surface area contributed by atoms with E-state index in [1.54, 1.807) is 18.2 Å². The number of carbonyl (C=O) groups is 1. The van der Waals surface area contributed by atoms with E-state index in [4.69, 9.17) is 22.7 Å². The Balaban J connectivity index is 2.24. The highest BCUT2D eigenvalue weighted by Crippen LogP contribution is 2.21. The molecule has 0 atom stereocenters. The van der Waals surface area contributed by atoms with Crippen molar-refractivity contribution in [2.75, 3.05) is 10.7 Å². The molecular formula is C13H10ClN5O. The fraction of sp³-hybridized carbons (Fsp3) is 0. The van der Waals surface area contributed by atoms with E-state index in [0.717, 1.165) is 0 Å².